The second kappa shape index (κ2) is 8.30. The molecule has 3 rings (SSSR count). The smallest absolute Gasteiger partial charge is 0.249 e. The summed E-state index contributed by atoms with van der Waals surface area (Å²) in [5, 5.41) is 2.79. The maximum Gasteiger partial charge on any atom is 0.249 e. The van der Waals surface area contributed by atoms with E-state index in [9.17, 15) is 13.2 Å². The van der Waals surface area contributed by atoms with Gasteiger partial charge in [0, 0.05) is 12.2 Å². The summed E-state index contributed by atoms with van der Waals surface area (Å²) >= 11 is 0. The fourth-order valence-corrected chi connectivity index (χ4v) is 5.94. The Hall–Kier alpha value is -2.54. The summed E-state index contributed by atoms with van der Waals surface area (Å²) in [4.78, 5) is 13.2. The van der Waals surface area contributed by atoms with Gasteiger partial charge in [-0.1, -0.05) is 18.2 Å². The molecule has 1 aliphatic rings. The molecule has 2 aromatic rings. The summed E-state index contributed by atoms with van der Waals surface area (Å²) in [6.45, 7) is 9.56. The second-order valence-electron chi connectivity index (χ2n) is 8.30. The number of carbonyl (C=O) groups is 1. The Morgan fingerprint density at radius 3 is 2.27 bits per heavy atom. The number of anilines is 2. The van der Waals surface area contributed by atoms with Crippen LogP contribution in [0.2, 0.25) is 0 Å². The number of aryl methyl sites for hydroxylation is 2. The number of benzene rings is 2. The average Bonchev–Trinajstić information content (AvgIpc) is 2.66. The van der Waals surface area contributed by atoms with Gasteiger partial charge in [-0.2, -0.15) is 0 Å². The van der Waals surface area contributed by atoms with E-state index < -0.39 is 20.7 Å². The number of rotatable bonds is 5. The van der Waals surface area contributed by atoms with Crippen LogP contribution in [0.3, 0.4) is 0 Å². The first-order chi connectivity index (χ1) is 14.1. The summed E-state index contributed by atoms with van der Waals surface area (Å²) in [6, 6.07) is 12.7. The topological polar surface area (TPSA) is 75.7 Å². The normalized spacial score (nSPS) is 20.8. The monoisotopic (exact) mass is 430 g/mol. The van der Waals surface area contributed by atoms with E-state index in [4.69, 9.17) is 4.74 Å². The van der Waals surface area contributed by atoms with E-state index in [1.54, 1.807) is 24.3 Å². The van der Waals surface area contributed by atoms with E-state index in [1.165, 1.54) is 11.2 Å². The lowest BCUT2D eigenvalue weighted by atomic mass is 10.0. The quantitative estimate of drug-likeness (QED) is 0.762. The molecule has 2 aromatic carbocycles. The SMILES string of the molecule is Cc1cccc(C)c1N1CCC[C@@](C)(C(=O)Nc2ccc(OC(C)C)cc2)S1(=O)=O. The predicted molar refractivity (Wildman–Crippen MR) is 121 cm³/mol. The zero-order valence-electron chi connectivity index (χ0n) is 18.2. The number of hydrogen-bond acceptors (Lipinski definition) is 4. The van der Waals surface area contributed by atoms with Crippen molar-refractivity contribution in [3.05, 3.63) is 53.6 Å². The fourth-order valence-electron chi connectivity index (χ4n) is 3.87. The van der Waals surface area contributed by atoms with E-state index in [1.807, 2.05) is 45.9 Å². The zero-order valence-corrected chi connectivity index (χ0v) is 19.0. The Morgan fingerprint density at radius 1 is 1.10 bits per heavy atom. The maximum absolute atomic E-state index is 13.6. The number of ether oxygens (including phenoxy) is 1. The third-order valence-electron chi connectivity index (χ3n) is 5.53. The van der Waals surface area contributed by atoms with Gasteiger partial charge in [0.25, 0.3) is 0 Å². The average molecular weight is 431 g/mol. The Morgan fingerprint density at radius 2 is 1.70 bits per heavy atom. The first-order valence-corrected chi connectivity index (χ1v) is 11.7. The number of nitrogens with zero attached hydrogens (tertiary/aromatic N) is 1. The molecule has 30 heavy (non-hydrogen) atoms. The first-order valence-electron chi connectivity index (χ1n) is 10.2. The number of sulfonamides is 1. The van der Waals surface area contributed by atoms with Crippen molar-refractivity contribution < 1.29 is 17.9 Å². The molecule has 0 spiro atoms. The standard InChI is InChI=1S/C23H30N2O4S/c1-16(2)29-20-12-10-19(11-13-20)24-22(26)23(5)14-7-15-25(30(23,27)28)21-17(3)8-6-9-18(21)4/h6,8-13,16H,7,14-15H2,1-5H3,(H,24,26)/t23-/m0/s1. The number of para-hydroxylation sites is 1. The summed E-state index contributed by atoms with van der Waals surface area (Å²) < 4.78 is 32.7. The lowest BCUT2D eigenvalue weighted by molar-refractivity contribution is -0.118. The van der Waals surface area contributed by atoms with Crippen LogP contribution in [0, 0.1) is 13.8 Å². The maximum atomic E-state index is 13.6. The van der Waals surface area contributed by atoms with Gasteiger partial charge in [-0.15, -0.1) is 0 Å². The van der Waals surface area contributed by atoms with Gasteiger partial charge in [0.05, 0.1) is 11.8 Å². The summed E-state index contributed by atoms with van der Waals surface area (Å²) in [5.74, 6) is 0.177. The van der Waals surface area contributed by atoms with Crippen molar-refractivity contribution in [2.75, 3.05) is 16.2 Å². The van der Waals surface area contributed by atoms with Gasteiger partial charge in [0.2, 0.25) is 15.9 Å². The van der Waals surface area contributed by atoms with Crippen molar-refractivity contribution in [2.45, 2.75) is 58.3 Å². The van der Waals surface area contributed by atoms with Crippen molar-refractivity contribution in [3.63, 3.8) is 0 Å². The molecule has 0 radical (unpaired) electrons. The molecule has 0 bridgehead atoms. The van der Waals surface area contributed by atoms with Gasteiger partial charge < -0.3 is 10.1 Å². The minimum Gasteiger partial charge on any atom is -0.491 e. The van der Waals surface area contributed by atoms with Gasteiger partial charge >= 0.3 is 0 Å². The molecule has 1 fully saturated rings. The number of amides is 1. The number of hydrogen-bond donors (Lipinski definition) is 1. The molecule has 0 aromatic heterocycles. The zero-order chi connectivity index (χ0) is 22.1. The molecule has 0 saturated carbocycles. The van der Waals surface area contributed by atoms with Gasteiger partial charge in [0.15, 0.2) is 4.75 Å². The number of carbonyl (C=O) groups excluding carboxylic acids is 1. The van der Waals surface area contributed by atoms with Gasteiger partial charge in [-0.05, 0) is 82.9 Å². The van der Waals surface area contributed by atoms with Crippen molar-refractivity contribution in [1.82, 2.24) is 0 Å². The second-order valence-corrected chi connectivity index (χ2v) is 10.6. The summed E-state index contributed by atoms with van der Waals surface area (Å²) in [7, 11) is -3.91. The van der Waals surface area contributed by atoms with Gasteiger partial charge in [-0.3, -0.25) is 9.10 Å². The van der Waals surface area contributed by atoms with Crippen LogP contribution >= 0.6 is 0 Å². The third-order valence-corrected chi connectivity index (χ3v) is 8.00. The summed E-state index contributed by atoms with van der Waals surface area (Å²) in [5.41, 5.74) is 2.97. The highest BCUT2D eigenvalue weighted by molar-refractivity contribution is 7.95. The molecular formula is C23H30N2O4S. The lowest BCUT2D eigenvalue weighted by Gasteiger charge is -2.40. The Bertz CT molecular complexity index is 1010. The van der Waals surface area contributed by atoms with Crippen LogP contribution < -0.4 is 14.4 Å². The molecule has 1 atom stereocenters. The van der Waals surface area contributed by atoms with E-state index in [2.05, 4.69) is 5.32 Å². The molecule has 1 heterocycles. The van der Waals surface area contributed by atoms with Crippen molar-refractivity contribution in [2.24, 2.45) is 0 Å². The minimum atomic E-state index is -3.91. The van der Waals surface area contributed by atoms with E-state index >= 15 is 0 Å². The Balaban J connectivity index is 1.88. The van der Waals surface area contributed by atoms with Crippen LogP contribution in [-0.4, -0.2) is 31.7 Å². The summed E-state index contributed by atoms with van der Waals surface area (Å²) in [6.07, 6.45) is 0.933. The van der Waals surface area contributed by atoms with Crippen molar-refractivity contribution in [3.8, 4) is 5.75 Å². The Labute approximate surface area is 179 Å². The van der Waals surface area contributed by atoms with Crippen LogP contribution in [0.4, 0.5) is 11.4 Å². The van der Waals surface area contributed by atoms with Gasteiger partial charge in [0.1, 0.15) is 5.75 Å². The number of nitrogens with one attached hydrogen (secondary N) is 1. The highest BCUT2D eigenvalue weighted by Crippen LogP contribution is 2.38. The molecule has 1 saturated heterocycles. The van der Waals surface area contributed by atoms with Crippen LogP contribution in [0.1, 0.15) is 44.7 Å². The van der Waals surface area contributed by atoms with Crippen molar-refractivity contribution in [1.29, 1.82) is 0 Å². The van der Waals surface area contributed by atoms with E-state index in [0.29, 0.717) is 30.1 Å². The molecule has 6 nitrogen and oxygen atoms in total. The minimum absolute atomic E-state index is 0.0487. The molecule has 1 amide bonds. The van der Waals surface area contributed by atoms with Crippen LogP contribution in [0.25, 0.3) is 0 Å². The lowest BCUT2D eigenvalue weighted by Crippen LogP contribution is -2.57. The Kier molecular flexibility index (Phi) is 6.13. The highest BCUT2D eigenvalue weighted by atomic mass is 32.2. The molecule has 0 aliphatic carbocycles. The van der Waals surface area contributed by atoms with Crippen LogP contribution in [0.5, 0.6) is 5.75 Å². The van der Waals surface area contributed by atoms with Crippen molar-refractivity contribution >= 4 is 27.3 Å². The largest absolute Gasteiger partial charge is 0.491 e. The predicted octanol–water partition coefficient (Wildman–Crippen LogP) is 4.42. The van der Waals surface area contributed by atoms with E-state index in [-0.39, 0.29) is 12.5 Å². The van der Waals surface area contributed by atoms with Crippen LogP contribution in [0.15, 0.2) is 42.5 Å². The molecule has 0 unspecified atom stereocenters. The molecule has 7 heteroatoms. The highest BCUT2D eigenvalue weighted by Gasteiger charge is 2.52. The fraction of sp³-hybridized carbons (Fsp3) is 0.435. The molecule has 1 aliphatic heterocycles. The molecule has 162 valence electrons. The van der Waals surface area contributed by atoms with Crippen LogP contribution in [-0.2, 0) is 14.8 Å². The first kappa shape index (κ1) is 22.2. The van der Waals surface area contributed by atoms with E-state index in [0.717, 1.165) is 11.1 Å². The third kappa shape index (κ3) is 4.03. The molecule has 1 N–H and O–H groups in total. The van der Waals surface area contributed by atoms with Gasteiger partial charge in [-0.25, -0.2) is 8.42 Å². The molecular weight excluding hydrogens is 400 g/mol.